The van der Waals surface area contributed by atoms with Crippen molar-refractivity contribution in [2.75, 3.05) is 17.1 Å². The molecule has 0 saturated carbocycles. The zero-order valence-corrected chi connectivity index (χ0v) is 25.2. The maximum atomic E-state index is 13.8. The van der Waals surface area contributed by atoms with Gasteiger partial charge in [-0.2, -0.15) is 0 Å². The van der Waals surface area contributed by atoms with Crippen LogP contribution in [0.1, 0.15) is 37.8 Å². The molecule has 2 amide bonds. The van der Waals surface area contributed by atoms with Gasteiger partial charge in [0.1, 0.15) is 6.04 Å². The van der Waals surface area contributed by atoms with E-state index >= 15 is 0 Å². The molecule has 0 heterocycles. The van der Waals surface area contributed by atoms with Gasteiger partial charge >= 0.3 is 0 Å². The van der Waals surface area contributed by atoms with Crippen LogP contribution >= 0.6 is 23.2 Å². The maximum absolute atomic E-state index is 13.8. The lowest BCUT2D eigenvalue weighted by molar-refractivity contribution is -0.141. The van der Waals surface area contributed by atoms with E-state index in [-0.39, 0.29) is 43.8 Å². The molecule has 0 aliphatic heterocycles. The number of carbonyl (C=O) groups is 2. The molecule has 7 nitrogen and oxygen atoms in total. The lowest BCUT2D eigenvalue weighted by atomic mass is 10.0. The van der Waals surface area contributed by atoms with Crippen molar-refractivity contribution >= 4 is 50.7 Å². The number of para-hydroxylation sites is 1. The minimum absolute atomic E-state index is 0.0321. The fraction of sp³-hybridized carbons (Fsp3) is 0.333. The number of nitrogens with zero attached hydrogens (tertiary/aromatic N) is 2. The van der Waals surface area contributed by atoms with Crippen LogP contribution in [0.3, 0.4) is 0 Å². The highest BCUT2D eigenvalue weighted by molar-refractivity contribution is 7.92. The van der Waals surface area contributed by atoms with Crippen molar-refractivity contribution in [3.05, 3.63) is 100 Å². The Bertz CT molecular complexity index is 1390. The Morgan fingerprint density at radius 2 is 1.55 bits per heavy atom. The lowest BCUT2D eigenvalue weighted by Crippen LogP contribution is -2.51. The predicted octanol–water partition coefficient (Wildman–Crippen LogP) is 5.70. The summed E-state index contributed by atoms with van der Waals surface area (Å²) in [4.78, 5) is 28.8. The summed E-state index contributed by atoms with van der Waals surface area (Å²) >= 11 is 12.6. The van der Waals surface area contributed by atoms with Gasteiger partial charge in [0.2, 0.25) is 21.8 Å². The zero-order valence-electron chi connectivity index (χ0n) is 22.9. The standard InChI is InChI=1S/C30H35Cl2N3O4S/c1-22(2)33-30(37)28(19-23-11-6-4-7-12-23)34(21-24-16-17-25(31)20-27(24)32)29(36)15-10-18-35(40(3,38)39)26-13-8-5-9-14-26/h4-9,11-14,16-17,20,22,28H,10,15,18-19,21H2,1-3H3,(H,33,37)/t28-/m0/s1. The average Bonchev–Trinajstić information content (AvgIpc) is 2.89. The number of hydrogen-bond acceptors (Lipinski definition) is 4. The van der Waals surface area contributed by atoms with E-state index in [1.54, 1.807) is 42.5 Å². The Morgan fingerprint density at radius 1 is 0.925 bits per heavy atom. The van der Waals surface area contributed by atoms with Crippen molar-refractivity contribution in [2.24, 2.45) is 0 Å². The number of benzene rings is 3. The van der Waals surface area contributed by atoms with Crippen molar-refractivity contribution < 1.29 is 18.0 Å². The molecular formula is C30H35Cl2N3O4S. The molecule has 3 aromatic carbocycles. The fourth-order valence-corrected chi connectivity index (χ4v) is 5.80. The molecule has 40 heavy (non-hydrogen) atoms. The van der Waals surface area contributed by atoms with Crippen LogP contribution in [0.4, 0.5) is 5.69 Å². The van der Waals surface area contributed by atoms with Crippen molar-refractivity contribution in [2.45, 2.75) is 51.7 Å². The van der Waals surface area contributed by atoms with Gasteiger partial charge in [0.05, 0.1) is 11.9 Å². The van der Waals surface area contributed by atoms with Gasteiger partial charge in [0, 0.05) is 42.0 Å². The molecule has 0 saturated heterocycles. The van der Waals surface area contributed by atoms with Crippen molar-refractivity contribution in [1.29, 1.82) is 0 Å². The highest BCUT2D eigenvalue weighted by Crippen LogP contribution is 2.25. The quantitative estimate of drug-likeness (QED) is 0.271. The lowest BCUT2D eigenvalue weighted by Gasteiger charge is -2.32. The highest BCUT2D eigenvalue weighted by Gasteiger charge is 2.31. The second-order valence-electron chi connectivity index (χ2n) is 9.90. The van der Waals surface area contributed by atoms with Crippen LogP contribution in [0, 0.1) is 0 Å². The van der Waals surface area contributed by atoms with Gasteiger partial charge in [-0.1, -0.05) is 77.8 Å². The van der Waals surface area contributed by atoms with E-state index in [1.165, 1.54) is 9.21 Å². The molecule has 3 aromatic rings. The average molecular weight is 605 g/mol. The van der Waals surface area contributed by atoms with Crippen molar-refractivity contribution in [1.82, 2.24) is 10.2 Å². The number of nitrogens with one attached hydrogen (secondary N) is 1. The third-order valence-corrected chi connectivity index (χ3v) is 8.04. The third kappa shape index (κ3) is 9.25. The van der Waals surface area contributed by atoms with E-state index in [0.717, 1.165) is 11.8 Å². The Morgan fingerprint density at radius 3 is 2.12 bits per heavy atom. The Balaban J connectivity index is 1.90. The number of amides is 2. The molecule has 214 valence electrons. The first-order valence-electron chi connectivity index (χ1n) is 13.1. The molecule has 0 aliphatic carbocycles. The van der Waals surface area contributed by atoms with E-state index < -0.39 is 16.1 Å². The summed E-state index contributed by atoms with van der Waals surface area (Å²) < 4.78 is 26.3. The summed E-state index contributed by atoms with van der Waals surface area (Å²) in [6, 6.07) is 22.3. The molecule has 0 aliphatic rings. The first kappa shape index (κ1) is 31.5. The molecule has 1 N–H and O–H groups in total. The second kappa shape index (κ2) is 14.5. The Labute approximate surface area is 247 Å². The van der Waals surface area contributed by atoms with Crippen LogP contribution in [-0.2, 0) is 32.6 Å². The van der Waals surface area contributed by atoms with Gasteiger partial charge < -0.3 is 10.2 Å². The number of rotatable bonds is 13. The number of sulfonamides is 1. The molecule has 10 heteroatoms. The SMILES string of the molecule is CC(C)NC(=O)[C@H](Cc1ccccc1)N(Cc1ccc(Cl)cc1Cl)C(=O)CCCN(c1ccccc1)S(C)(=O)=O. The van der Waals surface area contributed by atoms with Crippen LogP contribution in [0.15, 0.2) is 78.9 Å². The fourth-order valence-electron chi connectivity index (χ4n) is 4.37. The van der Waals surface area contributed by atoms with Crippen molar-refractivity contribution in [3.63, 3.8) is 0 Å². The number of hydrogen-bond donors (Lipinski definition) is 1. The smallest absolute Gasteiger partial charge is 0.243 e. The van der Waals surface area contributed by atoms with E-state index in [9.17, 15) is 18.0 Å². The van der Waals surface area contributed by atoms with Gasteiger partial charge in [-0.3, -0.25) is 13.9 Å². The van der Waals surface area contributed by atoms with Gasteiger partial charge in [0.15, 0.2) is 0 Å². The normalized spacial score (nSPS) is 12.2. The van der Waals surface area contributed by atoms with Gasteiger partial charge in [0.25, 0.3) is 0 Å². The summed E-state index contributed by atoms with van der Waals surface area (Å²) in [6.07, 6.45) is 1.73. The van der Waals surface area contributed by atoms with Crippen LogP contribution in [0.2, 0.25) is 10.0 Å². The van der Waals surface area contributed by atoms with E-state index in [4.69, 9.17) is 23.2 Å². The maximum Gasteiger partial charge on any atom is 0.243 e. The topological polar surface area (TPSA) is 86.8 Å². The summed E-state index contributed by atoms with van der Waals surface area (Å²) in [5.41, 5.74) is 2.08. The van der Waals surface area contributed by atoms with Crippen molar-refractivity contribution in [3.8, 4) is 0 Å². The molecule has 3 rings (SSSR count). The van der Waals surface area contributed by atoms with Crippen LogP contribution in [0.25, 0.3) is 0 Å². The zero-order chi connectivity index (χ0) is 29.3. The first-order chi connectivity index (χ1) is 19.0. The van der Waals surface area contributed by atoms with Crippen LogP contribution in [0.5, 0.6) is 0 Å². The van der Waals surface area contributed by atoms with Gasteiger partial charge in [-0.05, 0) is 55.7 Å². The third-order valence-electron chi connectivity index (χ3n) is 6.25. The van der Waals surface area contributed by atoms with Gasteiger partial charge in [-0.25, -0.2) is 8.42 Å². The number of halogens is 2. The Kier molecular flexibility index (Phi) is 11.4. The summed E-state index contributed by atoms with van der Waals surface area (Å²) in [5.74, 6) is -0.563. The molecule has 0 fully saturated rings. The number of anilines is 1. The largest absolute Gasteiger partial charge is 0.352 e. The second-order valence-corrected chi connectivity index (χ2v) is 12.7. The summed E-state index contributed by atoms with van der Waals surface area (Å²) in [7, 11) is -3.56. The monoisotopic (exact) mass is 603 g/mol. The molecule has 0 radical (unpaired) electrons. The van der Waals surface area contributed by atoms with E-state index in [0.29, 0.717) is 27.7 Å². The predicted molar refractivity (Wildman–Crippen MR) is 162 cm³/mol. The van der Waals surface area contributed by atoms with Crippen LogP contribution in [-0.4, -0.2) is 50.0 Å². The molecule has 0 unspecified atom stereocenters. The molecule has 0 aromatic heterocycles. The van der Waals surface area contributed by atoms with E-state index in [2.05, 4.69) is 5.32 Å². The molecular weight excluding hydrogens is 569 g/mol. The summed E-state index contributed by atoms with van der Waals surface area (Å²) in [5, 5.41) is 3.80. The molecule has 0 spiro atoms. The molecule has 0 bridgehead atoms. The minimum Gasteiger partial charge on any atom is -0.352 e. The van der Waals surface area contributed by atoms with Crippen LogP contribution < -0.4 is 9.62 Å². The van der Waals surface area contributed by atoms with Gasteiger partial charge in [-0.15, -0.1) is 0 Å². The van der Waals surface area contributed by atoms with E-state index in [1.807, 2.05) is 50.2 Å². The number of carbonyl (C=O) groups excluding carboxylic acids is 2. The Hall–Kier alpha value is -3.07. The summed E-state index contributed by atoms with van der Waals surface area (Å²) in [6.45, 7) is 3.93. The minimum atomic E-state index is -3.56. The first-order valence-corrected chi connectivity index (χ1v) is 15.7. The molecule has 1 atom stereocenters. The highest BCUT2D eigenvalue weighted by atomic mass is 35.5.